The molecule has 0 saturated heterocycles. The van der Waals surface area contributed by atoms with Crippen LogP contribution < -0.4 is 21.1 Å². The van der Waals surface area contributed by atoms with Gasteiger partial charge in [0, 0.05) is 32.8 Å². The number of aliphatic imine (C=N–C) groups is 1. The van der Waals surface area contributed by atoms with E-state index in [1.807, 2.05) is 24.3 Å². The molecule has 0 heterocycles. The monoisotopic (exact) mass is 504 g/mol. The van der Waals surface area contributed by atoms with Crippen molar-refractivity contribution in [1.82, 2.24) is 10.6 Å². The number of nitrogens with one attached hydrogen (secondary N) is 2. The molecule has 1 aliphatic rings. The lowest BCUT2D eigenvalue weighted by atomic mass is 10.1. The minimum absolute atomic E-state index is 0. The molecule has 1 aliphatic carbocycles. The van der Waals surface area contributed by atoms with Crippen LogP contribution in [0.25, 0.3) is 0 Å². The molecule has 0 atom stereocenters. The van der Waals surface area contributed by atoms with Gasteiger partial charge in [-0.05, 0) is 56.2 Å². The van der Waals surface area contributed by atoms with Crippen LogP contribution in [0.4, 0.5) is 0 Å². The first-order valence-corrected chi connectivity index (χ1v) is 9.77. The maximum absolute atomic E-state index is 10.7. The van der Waals surface area contributed by atoms with Gasteiger partial charge >= 0.3 is 0 Å². The second-order valence-electron chi connectivity index (χ2n) is 6.71. The second-order valence-corrected chi connectivity index (χ2v) is 6.71. The van der Waals surface area contributed by atoms with Crippen LogP contribution in [0.1, 0.15) is 31.7 Å². The number of halogens is 1. The first-order valence-electron chi connectivity index (χ1n) is 9.77. The number of amides is 1. The van der Waals surface area contributed by atoms with Gasteiger partial charge in [0.2, 0.25) is 0 Å². The molecule has 7 nitrogen and oxygen atoms in total. The normalized spacial score (nSPS) is 13.5. The third-order valence-corrected chi connectivity index (χ3v) is 4.12. The number of carbonyl (C=O) groups excluding carboxylic acids is 1. The Morgan fingerprint density at radius 2 is 2.00 bits per heavy atom. The van der Waals surface area contributed by atoms with Gasteiger partial charge in [0.05, 0.1) is 0 Å². The van der Waals surface area contributed by atoms with E-state index in [-0.39, 0.29) is 30.6 Å². The number of guanidine groups is 1. The van der Waals surface area contributed by atoms with Crippen LogP contribution in [0.3, 0.4) is 0 Å². The molecule has 1 saturated carbocycles. The molecule has 28 heavy (non-hydrogen) atoms. The number of rotatable bonds is 13. The maximum Gasteiger partial charge on any atom is 0.255 e. The zero-order chi connectivity index (χ0) is 19.3. The molecule has 0 radical (unpaired) electrons. The van der Waals surface area contributed by atoms with E-state index < -0.39 is 5.91 Å². The summed E-state index contributed by atoms with van der Waals surface area (Å²) in [7, 11) is 0. The third kappa shape index (κ3) is 11.3. The summed E-state index contributed by atoms with van der Waals surface area (Å²) in [6, 6.07) is 7.66. The molecule has 0 bridgehead atoms. The number of nitrogens with zero attached hydrogens (tertiary/aromatic N) is 1. The van der Waals surface area contributed by atoms with Crippen molar-refractivity contribution in [3.8, 4) is 5.75 Å². The first kappa shape index (κ1) is 24.5. The fourth-order valence-electron chi connectivity index (χ4n) is 2.47. The van der Waals surface area contributed by atoms with Crippen molar-refractivity contribution in [2.75, 3.05) is 39.5 Å². The van der Waals surface area contributed by atoms with Crippen LogP contribution in [0.15, 0.2) is 29.3 Å². The number of carbonyl (C=O) groups is 1. The van der Waals surface area contributed by atoms with Crippen molar-refractivity contribution < 1.29 is 14.3 Å². The van der Waals surface area contributed by atoms with E-state index in [1.165, 1.54) is 18.4 Å². The van der Waals surface area contributed by atoms with Gasteiger partial charge in [-0.3, -0.25) is 9.79 Å². The molecule has 158 valence electrons. The standard InChI is InChI=1S/C20H32N4O3.HI/c1-2-22-20(23-11-3-13-26-14-17-4-5-17)24-12-10-16-6-8-18(9-7-16)27-15-19(21)25;/h6-9,17H,2-5,10-15H2,1H3,(H2,21,25)(H2,22,23,24);1H. The number of hydrogen-bond donors (Lipinski definition) is 3. The lowest BCUT2D eigenvalue weighted by molar-refractivity contribution is -0.119. The zero-order valence-electron chi connectivity index (χ0n) is 16.6. The average molecular weight is 504 g/mol. The van der Waals surface area contributed by atoms with Gasteiger partial charge in [0.25, 0.3) is 5.91 Å². The van der Waals surface area contributed by atoms with Crippen molar-refractivity contribution in [3.63, 3.8) is 0 Å². The highest BCUT2D eigenvalue weighted by molar-refractivity contribution is 14.0. The Bertz CT molecular complexity index is 592. The SMILES string of the molecule is CCNC(=NCCCOCC1CC1)NCCc1ccc(OCC(N)=O)cc1.I. The predicted molar refractivity (Wildman–Crippen MR) is 122 cm³/mol. The highest BCUT2D eigenvalue weighted by atomic mass is 127. The number of ether oxygens (including phenoxy) is 2. The van der Waals surface area contributed by atoms with Crippen molar-refractivity contribution in [2.24, 2.45) is 16.6 Å². The summed E-state index contributed by atoms with van der Waals surface area (Å²) in [4.78, 5) is 15.3. The lowest BCUT2D eigenvalue weighted by Gasteiger charge is -2.11. The van der Waals surface area contributed by atoms with Gasteiger partial charge in [-0.1, -0.05) is 12.1 Å². The van der Waals surface area contributed by atoms with Crippen molar-refractivity contribution >= 4 is 35.8 Å². The summed E-state index contributed by atoms with van der Waals surface area (Å²) in [6.45, 7) is 6.01. The smallest absolute Gasteiger partial charge is 0.255 e. The van der Waals surface area contributed by atoms with Gasteiger partial charge in [-0.15, -0.1) is 24.0 Å². The number of benzene rings is 1. The van der Waals surface area contributed by atoms with Gasteiger partial charge < -0.3 is 25.8 Å². The van der Waals surface area contributed by atoms with E-state index in [4.69, 9.17) is 15.2 Å². The summed E-state index contributed by atoms with van der Waals surface area (Å²) in [5.74, 6) is 1.81. The van der Waals surface area contributed by atoms with Gasteiger partial charge in [-0.25, -0.2) is 0 Å². The molecule has 1 aromatic carbocycles. The molecule has 0 spiro atoms. The Morgan fingerprint density at radius 1 is 1.25 bits per heavy atom. The Balaban J connectivity index is 0.00000392. The maximum atomic E-state index is 10.7. The van der Waals surface area contributed by atoms with Gasteiger partial charge in [0.15, 0.2) is 12.6 Å². The second kappa shape index (κ2) is 14.4. The predicted octanol–water partition coefficient (Wildman–Crippen LogP) is 2.08. The van der Waals surface area contributed by atoms with Crippen LogP contribution in [0.2, 0.25) is 0 Å². The third-order valence-electron chi connectivity index (χ3n) is 4.12. The minimum atomic E-state index is -0.479. The highest BCUT2D eigenvalue weighted by Gasteiger charge is 2.20. The molecular weight excluding hydrogens is 471 g/mol. The minimum Gasteiger partial charge on any atom is -0.484 e. The first-order chi connectivity index (χ1) is 13.2. The number of hydrogen-bond acceptors (Lipinski definition) is 4. The summed E-state index contributed by atoms with van der Waals surface area (Å²) < 4.78 is 10.9. The van der Waals surface area contributed by atoms with E-state index in [1.54, 1.807) is 0 Å². The highest BCUT2D eigenvalue weighted by Crippen LogP contribution is 2.28. The van der Waals surface area contributed by atoms with Crippen molar-refractivity contribution in [3.05, 3.63) is 29.8 Å². The van der Waals surface area contributed by atoms with Crippen LogP contribution >= 0.6 is 24.0 Å². The fraction of sp³-hybridized carbons (Fsp3) is 0.600. The summed E-state index contributed by atoms with van der Waals surface area (Å²) >= 11 is 0. The van der Waals surface area contributed by atoms with Crippen molar-refractivity contribution in [2.45, 2.75) is 32.6 Å². The number of primary amides is 1. The Morgan fingerprint density at radius 3 is 2.64 bits per heavy atom. The molecule has 4 N–H and O–H groups in total. The molecule has 1 fully saturated rings. The van der Waals surface area contributed by atoms with Gasteiger partial charge in [0.1, 0.15) is 5.75 Å². The number of nitrogens with two attached hydrogens (primary N) is 1. The molecule has 0 aliphatic heterocycles. The average Bonchev–Trinajstić information content (AvgIpc) is 3.48. The van der Waals surface area contributed by atoms with E-state index in [9.17, 15) is 4.79 Å². The van der Waals surface area contributed by atoms with Crippen LogP contribution in [0, 0.1) is 5.92 Å². The fourth-order valence-corrected chi connectivity index (χ4v) is 2.47. The Hall–Kier alpha value is -1.55. The molecule has 0 aromatic heterocycles. The van der Waals surface area contributed by atoms with E-state index in [0.717, 1.165) is 57.6 Å². The molecule has 8 heteroatoms. The Labute approximate surface area is 184 Å². The van der Waals surface area contributed by atoms with Gasteiger partial charge in [-0.2, -0.15) is 0 Å². The van der Waals surface area contributed by atoms with E-state index in [0.29, 0.717) is 5.75 Å². The van der Waals surface area contributed by atoms with Crippen LogP contribution in [-0.4, -0.2) is 51.3 Å². The quantitative estimate of drug-likeness (QED) is 0.166. The largest absolute Gasteiger partial charge is 0.484 e. The summed E-state index contributed by atoms with van der Waals surface area (Å²) in [5.41, 5.74) is 6.24. The molecule has 2 rings (SSSR count). The molecular formula is C20H33IN4O3. The zero-order valence-corrected chi connectivity index (χ0v) is 18.9. The van der Waals surface area contributed by atoms with Crippen LogP contribution in [-0.2, 0) is 16.0 Å². The summed E-state index contributed by atoms with van der Waals surface area (Å²) in [6.07, 6.45) is 4.46. The van der Waals surface area contributed by atoms with E-state index >= 15 is 0 Å². The Kier molecular flexibility index (Phi) is 12.6. The van der Waals surface area contributed by atoms with Crippen molar-refractivity contribution in [1.29, 1.82) is 0 Å². The molecule has 0 unspecified atom stereocenters. The lowest BCUT2D eigenvalue weighted by Crippen LogP contribution is -2.38. The summed E-state index contributed by atoms with van der Waals surface area (Å²) in [5, 5.41) is 6.61. The van der Waals surface area contributed by atoms with Crippen LogP contribution in [0.5, 0.6) is 5.75 Å². The molecule has 1 amide bonds. The van der Waals surface area contributed by atoms with E-state index in [2.05, 4.69) is 22.5 Å². The molecule has 1 aromatic rings. The topological polar surface area (TPSA) is 98.0 Å².